The molecule has 2 aromatic rings. The van der Waals surface area contributed by atoms with Gasteiger partial charge in [-0.05, 0) is 31.5 Å². The van der Waals surface area contributed by atoms with E-state index in [0.717, 1.165) is 5.56 Å². The molecule has 0 fully saturated rings. The van der Waals surface area contributed by atoms with Crippen LogP contribution in [0, 0.1) is 6.92 Å². The lowest BCUT2D eigenvalue weighted by Crippen LogP contribution is -2.20. The van der Waals surface area contributed by atoms with Crippen LogP contribution in [-0.2, 0) is 20.9 Å². The normalized spacial score (nSPS) is 10.5. The number of carbonyl (C=O) groups excluding carboxylic acids is 3. The molecule has 1 heterocycles. The molecule has 1 aromatic heterocycles. The highest BCUT2D eigenvalue weighted by Crippen LogP contribution is 2.14. The van der Waals surface area contributed by atoms with Gasteiger partial charge in [0.25, 0.3) is 0 Å². The Hall–Kier alpha value is -2.47. The Balaban J connectivity index is 2.09. The molecule has 0 atom stereocenters. The van der Waals surface area contributed by atoms with E-state index in [1.165, 1.54) is 0 Å². The van der Waals surface area contributed by atoms with Gasteiger partial charge in [0.2, 0.25) is 5.78 Å². The van der Waals surface area contributed by atoms with Gasteiger partial charge in [-0.15, -0.1) is 0 Å². The van der Waals surface area contributed by atoms with E-state index in [9.17, 15) is 14.4 Å². The number of nitrogens with zero attached hydrogens (tertiary/aromatic N) is 2. The van der Waals surface area contributed by atoms with Crippen LogP contribution in [0.4, 0.5) is 0 Å². The molecule has 126 valence electrons. The summed E-state index contributed by atoms with van der Waals surface area (Å²) >= 11 is 5.95. The van der Waals surface area contributed by atoms with Crippen LogP contribution in [-0.4, -0.2) is 33.9 Å². The maximum absolute atomic E-state index is 12.2. The lowest BCUT2D eigenvalue weighted by atomic mass is 10.1. The second-order valence-electron chi connectivity index (χ2n) is 5.20. The molecule has 0 aliphatic rings. The molecule has 0 bridgehead atoms. The molecule has 0 saturated carbocycles. The van der Waals surface area contributed by atoms with Crippen LogP contribution in [0.1, 0.15) is 35.0 Å². The van der Waals surface area contributed by atoms with Crippen molar-refractivity contribution in [2.75, 3.05) is 6.61 Å². The minimum Gasteiger partial charge on any atom is -0.460 e. The number of hydrogen-bond acceptors (Lipinski definition) is 5. The van der Waals surface area contributed by atoms with E-state index in [4.69, 9.17) is 11.6 Å². The Kier molecular flexibility index (Phi) is 5.87. The topological polar surface area (TPSA) is 78.3 Å². The minimum absolute atomic E-state index is 0.0926. The van der Waals surface area contributed by atoms with Crippen LogP contribution in [0.3, 0.4) is 0 Å². The van der Waals surface area contributed by atoms with Crippen molar-refractivity contribution in [3.8, 4) is 0 Å². The van der Waals surface area contributed by atoms with Crippen LogP contribution in [0.2, 0.25) is 5.02 Å². The van der Waals surface area contributed by atoms with Crippen molar-refractivity contribution in [1.82, 2.24) is 9.78 Å². The van der Waals surface area contributed by atoms with Crippen molar-refractivity contribution in [3.63, 3.8) is 0 Å². The Labute approximate surface area is 144 Å². The van der Waals surface area contributed by atoms with Crippen LogP contribution >= 0.6 is 11.6 Å². The van der Waals surface area contributed by atoms with Crippen LogP contribution in [0.15, 0.2) is 30.5 Å². The zero-order valence-electron chi connectivity index (χ0n) is 13.4. The maximum Gasteiger partial charge on any atom is 0.375 e. The predicted octanol–water partition coefficient (Wildman–Crippen LogP) is 2.60. The number of hydrogen-bond donors (Lipinski definition) is 0. The Morgan fingerprint density at radius 2 is 2.04 bits per heavy atom. The standard InChI is InChI=1S/C17H17ClN2O4/c1-3-24-17(23)16(22)8-15(21)14-10-20(19-11(14)2)9-12-5-4-6-13(18)7-12/h4-7,10H,3,8-9H2,1-2H3. The summed E-state index contributed by atoms with van der Waals surface area (Å²) in [7, 11) is 0. The van der Waals surface area contributed by atoms with Gasteiger partial charge >= 0.3 is 5.97 Å². The van der Waals surface area contributed by atoms with E-state index in [1.54, 1.807) is 30.8 Å². The first-order valence-electron chi connectivity index (χ1n) is 7.42. The van der Waals surface area contributed by atoms with Gasteiger partial charge in [-0.1, -0.05) is 23.7 Å². The molecule has 0 amide bonds. The van der Waals surface area contributed by atoms with Gasteiger partial charge in [0.1, 0.15) is 0 Å². The number of ether oxygens (including phenoxy) is 1. The second kappa shape index (κ2) is 7.88. The van der Waals surface area contributed by atoms with Gasteiger partial charge in [0.15, 0.2) is 5.78 Å². The molecule has 0 aliphatic heterocycles. The molecule has 0 unspecified atom stereocenters. The average Bonchev–Trinajstić information content (AvgIpc) is 2.88. The summed E-state index contributed by atoms with van der Waals surface area (Å²) in [6.07, 6.45) is 1.04. The van der Waals surface area contributed by atoms with E-state index in [2.05, 4.69) is 9.84 Å². The van der Waals surface area contributed by atoms with Crippen molar-refractivity contribution < 1.29 is 19.1 Å². The first-order chi connectivity index (χ1) is 11.4. The lowest BCUT2D eigenvalue weighted by Gasteiger charge is -2.02. The molecule has 6 nitrogen and oxygen atoms in total. The largest absolute Gasteiger partial charge is 0.460 e. The molecule has 0 radical (unpaired) electrons. The monoisotopic (exact) mass is 348 g/mol. The highest BCUT2D eigenvalue weighted by molar-refractivity contribution is 6.38. The summed E-state index contributed by atoms with van der Waals surface area (Å²) in [6.45, 7) is 3.81. The van der Waals surface area contributed by atoms with Crippen molar-refractivity contribution in [1.29, 1.82) is 0 Å². The van der Waals surface area contributed by atoms with Gasteiger partial charge in [-0.3, -0.25) is 14.3 Å². The Bertz CT molecular complexity index is 783. The third-order valence-electron chi connectivity index (χ3n) is 3.30. The fourth-order valence-corrected chi connectivity index (χ4v) is 2.43. The van der Waals surface area contributed by atoms with E-state index < -0.39 is 24.0 Å². The van der Waals surface area contributed by atoms with Gasteiger partial charge in [-0.25, -0.2) is 4.79 Å². The highest BCUT2D eigenvalue weighted by Gasteiger charge is 2.22. The molecule has 2 rings (SSSR count). The summed E-state index contributed by atoms with van der Waals surface area (Å²) in [4.78, 5) is 35.1. The van der Waals surface area contributed by atoms with E-state index in [-0.39, 0.29) is 6.61 Å². The smallest absolute Gasteiger partial charge is 0.375 e. The summed E-state index contributed by atoms with van der Waals surface area (Å²) < 4.78 is 6.19. The Morgan fingerprint density at radius 3 is 2.71 bits per heavy atom. The molecule has 7 heteroatoms. The lowest BCUT2D eigenvalue weighted by molar-refractivity contribution is -0.153. The summed E-state index contributed by atoms with van der Waals surface area (Å²) in [6, 6.07) is 7.31. The first kappa shape index (κ1) is 17.9. The number of halogens is 1. The zero-order chi connectivity index (χ0) is 17.7. The first-order valence-corrected chi connectivity index (χ1v) is 7.80. The summed E-state index contributed by atoms with van der Waals surface area (Å²) in [5.41, 5.74) is 1.75. The van der Waals surface area contributed by atoms with Gasteiger partial charge in [-0.2, -0.15) is 5.10 Å². The maximum atomic E-state index is 12.2. The molecule has 0 saturated heterocycles. The minimum atomic E-state index is -0.991. The highest BCUT2D eigenvalue weighted by atomic mass is 35.5. The quantitative estimate of drug-likeness (QED) is 0.332. The van der Waals surface area contributed by atoms with Gasteiger partial charge in [0, 0.05) is 11.2 Å². The fraction of sp³-hybridized carbons (Fsp3) is 0.294. The number of esters is 1. The molecule has 24 heavy (non-hydrogen) atoms. The van der Waals surface area contributed by atoms with Gasteiger partial charge < -0.3 is 4.74 Å². The molecule has 0 spiro atoms. The number of aryl methyl sites for hydroxylation is 1. The molecular formula is C17H17ClN2O4. The van der Waals surface area contributed by atoms with E-state index >= 15 is 0 Å². The summed E-state index contributed by atoms with van der Waals surface area (Å²) in [5, 5.41) is 4.89. The Morgan fingerprint density at radius 1 is 1.29 bits per heavy atom. The number of benzene rings is 1. The SMILES string of the molecule is CCOC(=O)C(=O)CC(=O)c1cn(Cc2cccc(Cl)c2)nc1C. The molecule has 0 aliphatic carbocycles. The summed E-state index contributed by atoms with van der Waals surface area (Å²) in [5.74, 6) is -2.30. The third kappa shape index (κ3) is 4.52. The molecular weight excluding hydrogens is 332 g/mol. The van der Waals surface area contributed by atoms with Crippen molar-refractivity contribution in [2.45, 2.75) is 26.8 Å². The van der Waals surface area contributed by atoms with E-state index in [1.807, 2.05) is 18.2 Å². The van der Waals surface area contributed by atoms with Gasteiger partial charge in [0.05, 0.1) is 30.8 Å². The van der Waals surface area contributed by atoms with Crippen LogP contribution < -0.4 is 0 Å². The predicted molar refractivity (Wildman–Crippen MR) is 88.1 cm³/mol. The van der Waals surface area contributed by atoms with Crippen molar-refractivity contribution in [2.24, 2.45) is 0 Å². The molecule has 0 N–H and O–H groups in total. The van der Waals surface area contributed by atoms with Crippen molar-refractivity contribution >= 4 is 29.1 Å². The van der Waals surface area contributed by atoms with E-state index in [0.29, 0.717) is 22.8 Å². The second-order valence-corrected chi connectivity index (χ2v) is 5.64. The number of rotatable bonds is 7. The number of Topliss-reactive ketones (excluding diaryl/α,β-unsaturated/α-hetero) is 2. The number of aromatic nitrogens is 2. The zero-order valence-corrected chi connectivity index (χ0v) is 14.2. The van der Waals surface area contributed by atoms with Crippen LogP contribution in [0.5, 0.6) is 0 Å². The average molecular weight is 349 g/mol. The molecule has 1 aromatic carbocycles. The fourth-order valence-electron chi connectivity index (χ4n) is 2.22. The van der Waals surface area contributed by atoms with Crippen LogP contribution in [0.25, 0.3) is 0 Å². The van der Waals surface area contributed by atoms with Crippen molar-refractivity contribution in [3.05, 3.63) is 52.3 Å². The third-order valence-corrected chi connectivity index (χ3v) is 3.54. The number of carbonyl (C=O) groups is 3. The number of ketones is 2.